The number of aromatic hydroxyl groups is 1. The van der Waals surface area contributed by atoms with Gasteiger partial charge in [-0.05, 0) is 18.2 Å². The molecule has 0 saturated carbocycles. The quantitative estimate of drug-likeness (QED) is 0.774. The molecule has 0 radical (unpaired) electrons. The van der Waals surface area contributed by atoms with Gasteiger partial charge in [0, 0.05) is 23.7 Å². The maximum atomic E-state index is 12.3. The molecule has 0 aliphatic carbocycles. The van der Waals surface area contributed by atoms with Crippen LogP contribution in [0.4, 0.5) is 0 Å². The molecule has 3 aromatic rings. The van der Waals surface area contributed by atoms with E-state index in [1.54, 1.807) is 30.5 Å². The van der Waals surface area contributed by atoms with Crippen LogP contribution in [-0.4, -0.2) is 16.0 Å². The summed E-state index contributed by atoms with van der Waals surface area (Å²) in [6.07, 6.45) is 1.67. The highest BCUT2D eigenvalue weighted by atomic mass is 16.3. The number of nitrogens with one attached hydrogen (secondary N) is 1. The minimum atomic E-state index is -0.206. The summed E-state index contributed by atoms with van der Waals surface area (Å²) < 4.78 is 0. The number of para-hydroxylation sites is 2. The molecule has 0 unspecified atom stereocenters. The van der Waals surface area contributed by atoms with E-state index in [0.29, 0.717) is 16.6 Å². The summed E-state index contributed by atoms with van der Waals surface area (Å²) in [5.74, 6) is -0.0311. The van der Waals surface area contributed by atoms with Crippen LogP contribution >= 0.6 is 0 Å². The van der Waals surface area contributed by atoms with Crippen molar-refractivity contribution in [2.24, 2.45) is 0 Å². The lowest BCUT2D eigenvalue weighted by molar-refractivity contribution is 0.0952. The molecule has 0 atom stereocenters. The maximum absolute atomic E-state index is 12.3. The van der Waals surface area contributed by atoms with Crippen molar-refractivity contribution in [2.75, 3.05) is 0 Å². The molecule has 4 heteroatoms. The Hall–Kier alpha value is -2.88. The van der Waals surface area contributed by atoms with E-state index in [1.165, 1.54) is 0 Å². The van der Waals surface area contributed by atoms with E-state index in [2.05, 4.69) is 10.3 Å². The van der Waals surface area contributed by atoms with Crippen molar-refractivity contribution in [1.29, 1.82) is 0 Å². The number of benzene rings is 2. The molecule has 2 aromatic carbocycles. The van der Waals surface area contributed by atoms with Gasteiger partial charge in [-0.2, -0.15) is 0 Å². The van der Waals surface area contributed by atoms with Crippen LogP contribution in [0.15, 0.2) is 60.8 Å². The zero-order valence-electron chi connectivity index (χ0n) is 11.3. The molecule has 0 aliphatic heterocycles. The van der Waals surface area contributed by atoms with Crippen LogP contribution in [0.25, 0.3) is 10.9 Å². The summed E-state index contributed by atoms with van der Waals surface area (Å²) >= 11 is 0. The summed E-state index contributed by atoms with van der Waals surface area (Å²) in [4.78, 5) is 16.6. The van der Waals surface area contributed by atoms with Crippen molar-refractivity contribution in [1.82, 2.24) is 10.3 Å². The molecule has 0 bridgehead atoms. The molecule has 21 heavy (non-hydrogen) atoms. The van der Waals surface area contributed by atoms with E-state index < -0.39 is 0 Å². The zero-order chi connectivity index (χ0) is 14.7. The Balaban J connectivity index is 1.83. The van der Waals surface area contributed by atoms with Crippen LogP contribution < -0.4 is 5.32 Å². The van der Waals surface area contributed by atoms with Gasteiger partial charge in [-0.3, -0.25) is 9.78 Å². The maximum Gasteiger partial charge on any atom is 0.253 e. The third-order valence-corrected chi connectivity index (χ3v) is 3.31. The fraction of sp³-hybridized carbons (Fsp3) is 0.0588. The summed E-state index contributed by atoms with van der Waals surface area (Å²) in [6.45, 7) is 0.273. The predicted octanol–water partition coefficient (Wildman–Crippen LogP) is 2.87. The predicted molar refractivity (Wildman–Crippen MR) is 81.0 cm³/mol. The van der Waals surface area contributed by atoms with E-state index in [4.69, 9.17) is 0 Å². The smallest absolute Gasteiger partial charge is 0.253 e. The molecule has 2 N–H and O–H groups in total. The normalized spacial score (nSPS) is 10.5. The first-order chi connectivity index (χ1) is 10.3. The molecule has 1 heterocycles. The van der Waals surface area contributed by atoms with Gasteiger partial charge in [0.15, 0.2) is 0 Å². The first-order valence-corrected chi connectivity index (χ1v) is 6.64. The van der Waals surface area contributed by atoms with Crippen molar-refractivity contribution in [2.45, 2.75) is 6.54 Å². The number of aromatic nitrogens is 1. The van der Waals surface area contributed by atoms with Crippen molar-refractivity contribution in [3.63, 3.8) is 0 Å². The fourth-order valence-corrected chi connectivity index (χ4v) is 2.22. The number of nitrogens with zero attached hydrogens (tertiary/aromatic N) is 1. The summed E-state index contributed by atoms with van der Waals surface area (Å²) in [6, 6.07) is 16.2. The summed E-state index contributed by atoms with van der Waals surface area (Å²) in [5, 5.41) is 13.4. The van der Waals surface area contributed by atoms with Gasteiger partial charge in [0.05, 0.1) is 11.1 Å². The third kappa shape index (κ3) is 2.69. The number of carbonyl (C=O) groups is 1. The number of pyridine rings is 1. The SMILES string of the molecule is O=C(NCc1ccccc1O)c1cccc2cccnc12. The number of carbonyl (C=O) groups excluding carboxylic acids is 1. The number of rotatable bonds is 3. The Morgan fingerprint density at radius 3 is 2.71 bits per heavy atom. The van der Waals surface area contributed by atoms with Crippen LogP contribution in [0, 0.1) is 0 Å². The van der Waals surface area contributed by atoms with Crippen molar-refractivity contribution >= 4 is 16.8 Å². The fourth-order valence-electron chi connectivity index (χ4n) is 2.22. The van der Waals surface area contributed by atoms with Crippen LogP contribution in [-0.2, 0) is 6.54 Å². The van der Waals surface area contributed by atoms with Gasteiger partial charge in [-0.25, -0.2) is 0 Å². The lowest BCUT2D eigenvalue weighted by Crippen LogP contribution is -2.23. The summed E-state index contributed by atoms with van der Waals surface area (Å²) in [5.41, 5.74) is 1.89. The number of amides is 1. The highest BCUT2D eigenvalue weighted by Crippen LogP contribution is 2.17. The van der Waals surface area contributed by atoms with Crippen molar-refractivity contribution < 1.29 is 9.90 Å². The van der Waals surface area contributed by atoms with Gasteiger partial charge < -0.3 is 10.4 Å². The number of hydrogen-bond acceptors (Lipinski definition) is 3. The number of phenolic OH excluding ortho intramolecular Hbond substituents is 1. The van der Waals surface area contributed by atoms with Crippen molar-refractivity contribution in [3.8, 4) is 5.75 Å². The van der Waals surface area contributed by atoms with Crippen LogP contribution in [0.5, 0.6) is 5.75 Å². The number of phenols is 1. The topological polar surface area (TPSA) is 62.2 Å². The Morgan fingerprint density at radius 2 is 1.86 bits per heavy atom. The highest BCUT2D eigenvalue weighted by molar-refractivity contribution is 6.05. The molecule has 3 rings (SSSR count). The molecule has 0 aliphatic rings. The van der Waals surface area contributed by atoms with E-state index in [1.807, 2.05) is 30.3 Å². The number of hydrogen-bond donors (Lipinski definition) is 2. The minimum Gasteiger partial charge on any atom is -0.508 e. The second kappa shape index (κ2) is 5.63. The van der Waals surface area contributed by atoms with E-state index in [0.717, 1.165) is 5.39 Å². The molecule has 1 aromatic heterocycles. The molecule has 1 amide bonds. The molecular weight excluding hydrogens is 264 g/mol. The average molecular weight is 278 g/mol. The Kier molecular flexibility index (Phi) is 3.51. The van der Waals surface area contributed by atoms with E-state index >= 15 is 0 Å². The average Bonchev–Trinajstić information content (AvgIpc) is 2.53. The molecule has 0 saturated heterocycles. The highest BCUT2D eigenvalue weighted by Gasteiger charge is 2.11. The van der Waals surface area contributed by atoms with Crippen LogP contribution in [0.1, 0.15) is 15.9 Å². The van der Waals surface area contributed by atoms with Gasteiger partial charge in [-0.15, -0.1) is 0 Å². The third-order valence-electron chi connectivity index (χ3n) is 3.31. The number of fused-ring (bicyclic) bond motifs is 1. The molecular formula is C17H14N2O2. The second-order valence-corrected chi connectivity index (χ2v) is 4.69. The van der Waals surface area contributed by atoms with Crippen LogP contribution in [0.3, 0.4) is 0 Å². The first-order valence-electron chi connectivity index (χ1n) is 6.64. The van der Waals surface area contributed by atoms with E-state index in [9.17, 15) is 9.90 Å². The van der Waals surface area contributed by atoms with E-state index in [-0.39, 0.29) is 18.2 Å². The zero-order valence-corrected chi connectivity index (χ0v) is 11.3. The molecule has 0 fully saturated rings. The molecule has 104 valence electrons. The summed E-state index contributed by atoms with van der Waals surface area (Å²) in [7, 11) is 0. The monoisotopic (exact) mass is 278 g/mol. The molecule has 4 nitrogen and oxygen atoms in total. The van der Waals surface area contributed by atoms with Gasteiger partial charge in [-0.1, -0.05) is 36.4 Å². The first kappa shape index (κ1) is 13.1. The van der Waals surface area contributed by atoms with Gasteiger partial charge in [0.2, 0.25) is 0 Å². The Morgan fingerprint density at radius 1 is 1.05 bits per heavy atom. The largest absolute Gasteiger partial charge is 0.508 e. The minimum absolute atomic E-state index is 0.175. The lowest BCUT2D eigenvalue weighted by Gasteiger charge is -2.08. The van der Waals surface area contributed by atoms with Crippen molar-refractivity contribution in [3.05, 3.63) is 71.9 Å². The molecule has 0 spiro atoms. The standard InChI is InChI=1S/C17H14N2O2/c20-15-9-2-1-5-13(15)11-19-17(21)14-8-3-6-12-7-4-10-18-16(12)14/h1-10,20H,11H2,(H,19,21). The second-order valence-electron chi connectivity index (χ2n) is 4.69. The van der Waals surface area contributed by atoms with Gasteiger partial charge >= 0.3 is 0 Å². The Labute approximate surface area is 122 Å². The Bertz CT molecular complexity index is 794. The van der Waals surface area contributed by atoms with Gasteiger partial charge in [0.25, 0.3) is 5.91 Å². The lowest BCUT2D eigenvalue weighted by atomic mass is 10.1. The van der Waals surface area contributed by atoms with Gasteiger partial charge in [0.1, 0.15) is 5.75 Å². The van der Waals surface area contributed by atoms with Crippen LogP contribution in [0.2, 0.25) is 0 Å².